The molecule has 3 N–H and O–H groups in total. The molecule has 0 saturated heterocycles. The van der Waals surface area contributed by atoms with Crippen LogP contribution in [0.1, 0.15) is 35.9 Å². The number of hydrogen-bond acceptors (Lipinski definition) is 5. The van der Waals surface area contributed by atoms with Crippen LogP contribution < -0.4 is 10.6 Å². The Labute approximate surface area is 160 Å². The molecule has 9 heteroatoms. The summed E-state index contributed by atoms with van der Waals surface area (Å²) in [5.41, 5.74) is 0.261. The summed E-state index contributed by atoms with van der Waals surface area (Å²) < 4.78 is 13.5. The average Bonchev–Trinajstić information content (AvgIpc) is 2.61. The van der Waals surface area contributed by atoms with Gasteiger partial charge >= 0.3 is 0 Å². The fourth-order valence-electron chi connectivity index (χ4n) is 2.36. The van der Waals surface area contributed by atoms with E-state index >= 15 is 0 Å². The van der Waals surface area contributed by atoms with Crippen molar-refractivity contribution in [1.29, 1.82) is 0 Å². The molecule has 27 heavy (non-hydrogen) atoms. The van der Waals surface area contributed by atoms with E-state index in [0.717, 1.165) is 12.1 Å². The molecule has 2 aromatic carbocycles. The second-order valence-corrected chi connectivity index (χ2v) is 6.59. The molecule has 2 rings (SSSR count). The Bertz CT molecular complexity index is 860. The molecule has 0 aliphatic carbocycles. The van der Waals surface area contributed by atoms with Gasteiger partial charge in [-0.1, -0.05) is 17.7 Å². The number of aliphatic hydroxyl groups is 1. The van der Waals surface area contributed by atoms with E-state index in [2.05, 4.69) is 10.6 Å². The Morgan fingerprint density at radius 3 is 2.59 bits per heavy atom. The number of nitrogens with one attached hydrogen (secondary N) is 2. The van der Waals surface area contributed by atoms with Crippen molar-refractivity contribution < 1.29 is 19.2 Å². The van der Waals surface area contributed by atoms with Gasteiger partial charge in [0, 0.05) is 24.2 Å². The molecule has 0 aliphatic heterocycles. The minimum atomic E-state index is -1.11. The quantitative estimate of drug-likeness (QED) is 0.490. The lowest BCUT2D eigenvalue weighted by molar-refractivity contribution is -0.384. The Hall–Kier alpha value is -2.71. The normalized spacial score (nSPS) is 11.9. The fourth-order valence-corrected chi connectivity index (χ4v) is 2.48. The molecule has 7 nitrogen and oxygen atoms in total. The molecule has 0 aromatic heterocycles. The Balaban J connectivity index is 2.16. The first-order chi connectivity index (χ1) is 12.7. The van der Waals surface area contributed by atoms with Gasteiger partial charge in [0.05, 0.1) is 16.0 Å². The van der Waals surface area contributed by atoms with Gasteiger partial charge in [0.25, 0.3) is 11.6 Å². The number of nitro groups is 1. The largest absolute Gasteiger partial charge is 0.387 e. The Kier molecular flexibility index (Phi) is 6.70. The summed E-state index contributed by atoms with van der Waals surface area (Å²) in [4.78, 5) is 22.7. The van der Waals surface area contributed by atoms with Crippen molar-refractivity contribution in [3.05, 3.63) is 68.5 Å². The number of anilines is 1. The van der Waals surface area contributed by atoms with Crippen LogP contribution in [0, 0.1) is 15.9 Å². The number of carbonyl (C=O) groups is 1. The van der Waals surface area contributed by atoms with Crippen molar-refractivity contribution in [1.82, 2.24) is 5.32 Å². The zero-order valence-corrected chi connectivity index (χ0v) is 15.5. The van der Waals surface area contributed by atoms with Crippen LogP contribution >= 0.6 is 11.6 Å². The highest BCUT2D eigenvalue weighted by Crippen LogP contribution is 2.27. The molecule has 0 fully saturated rings. The van der Waals surface area contributed by atoms with E-state index in [1.165, 1.54) is 24.3 Å². The second-order valence-electron chi connectivity index (χ2n) is 6.19. The molecule has 1 atom stereocenters. The maximum absolute atomic E-state index is 13.5. The number of hydrogen-bond donors (Lipinski definition) is 3. The number of nitro benzene ring substituents is 1. The number of rotatable bonds is 7. The molecular weight excluding hydrogens is 377 g/mol. The fraction of sp³-hybridized carbons (Fsp3) is 0.278. The smallest absolute Gasteiger partial charge is 0.293 e. The number of aliphatic hydroxyl groups excluding tert-OH is 1. The molecule has 0 saturated carbocycles. The van der Waals surface area contributed by atoms with Gasteiger partial charge in [0.15, 0.2) is 0 Å². The molecule has 1 amide bonds. The van der Waals surface area contributed by atoms with Crippen LogP contribution in [0.4, 0.5) is 15.8 Å². The number of carbonyl (C=O) groups excluding carboxylic acids is 1. The van der Waals surface area contributed by atoms with Crippen molar-refractivity contribution in [3.63, 3.8) is 0 Å². The molecule has 1 unspecified atom stereocenters. The third-order valence-electron chi connectivity index (χ3n) is 3.69. The highest BCUT2D eigenvalue weighted by molar-refractivity contribution is 6.30. The van der Waals surface area contributed by atoms with Gasteiger partial charge in [-0.05, 0) is 43.7 Å². The summed E-state index contributed by atoms with van der Waals surface area (Å²) in [5, 5.41) is 26.8. The monoisotopic (exact) mass is 395 g/mol. The molecule has 0 aliphatic rings. The number of nitrogens with zero attached hydrogens (tertiary/aromatic N) is 1. The first-order valence-corrected chi connectivity index (χ1v) is 8.53. The van der Waals surface area contributed by atoms with Crippen molar-refractivity contribution in [2.24, 2.45) is 0 Å². The van der Waals surface area contributed by atoms with Crippen LogP contribution in [0.15, 0.2) is 36.4 Å². The Morgan fingerprint density at radius 2 is 2.00 bits per heavy atom. The molecule has 0 heterocycles. The van der Waals surface area contributed by atoms with Crippen molar-refractivity contribution >= 4 is 28.9 Å². The summed E-state index contributed by atoms with van der Waals surface area (Å²) in [6.07, 6.45) is -1.11. The molecule has 0 radical (unpaired) electrons. The summed E-state index contributed by atoms with van der Waals surface area (Å²) in [7, 11) is 0. The molecular formula is C18H19ClFN3O4. The first-order valence-electron chi connectivity index (χ1n) is 8.15. The summed E-state index contributed by atoms with van der Waals surface area (Å²) in [6, 6.07) is 7.77. The predicted molar refractivity (Wildman–Crippen MR) is 101 cm³/mol. The van der Waals surface area contributed by atoms with Crippen LogP contribution in [0.3, 0.4) is 0 Å². The average molecular weight is 396 g/mol. The van der Waals surface area contributed by atoms with Crippen molar-refractivity contribution in [3.8, 4) is 0 Å². The first kappa shape index (κ1) is 20.6. The minimum Gasteiger partial charge on any atom is -0.387 e. The van der Waals surface area contributed by atoms with E-state index in [-0.39, 0.29) is 40.1 Å². The lowest BCUT2D eigenvalue weighted by atomic mass is 10.1. The van der Waals surface area contributed by atoms with Gasteiger partial charge in [-0.15, -0.1) is 0 Å². The standard InChI is InChI=1S/C18H19ClFN3O4/c1-10(2)22-18(25)12-4-6-15(16(8-12)23(26)27)21-9-17(24)11-3-5-13(19)14(20)7-11/h3-8,10,17,21,24H,9H2,1-2H3,(H,22,25). The van der Waals surface area contributed by atoms with E-state index < -0.39 is 22.8 Å². The Morgan fingerprint density at radius 1 is 1.30 bits per heavy atom. The lowest BCUT2D eigenvalue weighted by Crippen LogP contribution is -2.30. The molecule has 2 aromatic rings. The van der Waals surface area contributed by atoms with E-state index in [0.29, 0.717) is 0 Å². The SMILES string of the molecule is CC(C)NC(=O)c1ccc(NCC(O)c2ccc(Cl)c(F)c2)c([N+](=O)[O-])c1. The number of benzene rings is 2. The van der Waals surface area contributed by atoms with Gasteiger partial charge in [-0.25, -0.2) is 4.39 Å². The third-order valence-corrected chi connectivity index (χ3v) is 4.00. The van der Waals surface area contributed by atoms with Gasteiger partial charge in [-0.3, -0.25) is 14.9 Å². The van der Waals surface area contributed by atoms with Crippen molar-refractivity contribution in [2.45, 2.75) is 26.0 Å². The van der Waals surface area contributed by atoms with Crippen LogP contribution in [0.2, 0.25) is 5.02 Å². The summed E-state index contributed by atoms with van der Waals surface area (Å²) in [5.74, 6) is -1.09. The van der Waals surface area contributed by atoms with Gasteiger partial charge < -0.3 is 15.7 Å². The molecule has 0 spiro atoms. The lowest BCUT2D eigenvalue weighted by Gasteiger charge is -2.14. The molecule has 144 valence electrons. The van der Waals surface area contributed by atoms with Gasteiger partial charge in [-0.2, -0.15) is 0 Å². The maximum atomic E-state index is 13.5. The predicted octanol–water partition coefficient (Wildman–Crippen LogP) is 3.67. The highest BCUT2D eigenvalue weighted by Gasteiger charge is 2.19. The van der Waals surface area contributed by atoms with E-state index in [1.54, 1.807) is 13.8 Å². The topological polar surface area (TPSA) is 104 Å². The van der Waals surface area contributed by atoms with Crippen LogP contribution in [0.25, 0.3) is 0 Å². The van der Waals surface area contributed by atoms with Gasteiger partial charge in [0.1, 0.15) is 11.5 Å². The van der Waals surface area contributed by atoms with E-state index in [4.69, 9.17) is 11.6 Å². The zero-order valence-electron chi connectivity index (χ0n) is 14.7. The minimum absolute atomic E-state index is 0.0650. The summed E-state index contributed by atoms with van der Waals surface area (Å²) >= 11 is 5.61. The van der Waals surface area contributed by atoms with Gasteiger partial charge in [0.2, 0.25) is 0 Å². The second kappa shape index (κ2) is 8.79. The van der Waals surface area contributed by atoms with Crippen molar-refractivity contribution in [2.75, 3.05) is 11.9 Å². The zero-order chi connectivity index (χ0) is 20.1. The maximum Gasteiger partial charge on any atom is 0.293 e. The van der Waals surface area contributed by atoms with Crippen LogP contribution in [0.5, 0.6) is 0 Å². The van der Waals surface area contributed by atoms with E-state index in [9.17, 15) is 24.4 Å². The van der Waals surface area contributed by atoms with E-state index in [1.807, 2.05) is 0 Å². The highest BCUT2D eigenvalue weighted by atomic mass is 35.5. The third kappa shape index (κ3) is 5.38. The summed E-state index contributed by atoms with van der Waals surface area (Å²) in [6.45, 7) is 3.46. The van der Waals surface area contributed by atoms with Crippen LogP contribution in [-0.2, 0) is 0 Å². The molecule has 0 bridgehead atoms. The number of halogens is 2. The van der Waals surface area contributed by atoms with Crippen LogP contribution in [-0.4, -0.2) is 28.5 Å². The number of amides is 1.